The van der Waals surface area contributed by atoms with E-state index in [1.165, 1.54) is 17.7 Å². The van der Waals surface area contributed by atoms with Crippen LogP contribution in [0.4, 0.5) is 17.1 Å². The smallest absolute Gasteiger partial charge is 0.293 e. The van der Waals surface area contributed by atoms with E-state index in [1.54, 1.807) is 43.1 Å². The largest absolute Gasteiger partial charge is 0.497 e. The second-order valence-corrected chi connectivity index (χ2v) is 15.4. The minimum absolute atomic E-state index is 0.135. The standard InChI is InChI=1S/C37H44N6O6S2/c1-40(2)19-18-30(27-50-33-10-5-4-6-11-33)38-35-17-16-34(25-36(35)43(45)46)51(47,48)39-37(44)29-12-14-31(15-13-29)42-22-20-41(21-23-42)26-28-8-7-9-32(24-28)49-3/h4-17,24-25,30,38H,18-23,26-27H2,1-3H3,(H,39,44)/t30-/m1/s1. The van der Waals surface area contributed by atoms with Crippen LogP contribution >= 0.6 is 11.8 Å². The molecule has 12 nitrogen and oxygen atoms in total. The summed E-state index contributed by atoms with van der Waals surface area (Å²) in [7, 11) is 1.17. The number of sulfonamides is 1. The van der Waals surface area contributed by atoms with Crippen molar-refractivity contribution in [3.63, 3.8) is 0 Å². The van der Waals surface area contributed by atoms with Gasteiger partial charge >= 0.3 is 0 Å². The molecule has 1 aliphatic rings. The first-order valence-electron chi connectivity index (χ1n) is 16.7. The summed E-state index contributed by atoms with van der Waals surface area (Å²) in [5.41, 5.74) is 2.09. The van der Waals surface area contributed by atoms with Crippen LogP contribution in [0.25, 0.3) is 0 Å². The number of anilines is 2. The highest BCUT2D eigenvalue weighted by atomic mass is 32.2. The third-order valence-electron chi connectivity index (χ3n) is 8.59. The van der Waals surface area contributed by atoms with Crippen molar-refractivity contribution in [2.75, 3.05) is 69.9 Å². The SMILES string of the molecule is COc1cccc(CN2CCN(c3ccc(C(=O)NS(=O)(=O)c4ccc(N[C@H](CCN(C)C)CSc5ccccc5)c([N+](=O)[O-])c4)cc3)CC2)c1. The van der Waals surface area contributed by atoms with E-state index in [0.717, 1.165) is 61.7 Å². The van der Waals surface area contributed by atoms with Crippen molar-refractivity contribution in [2.45, 2.75) is 28.8 Å². The van der Waals surface area contributed by atoms with E-state index in [4.69, 9.17) is 4.74 Å². The van der Waals surface area contributed by atoms with Gasteiger partial charge in [0, 0.05) is 66.7 Å². The average Bonchev–Trinajstić information content (AvgIpc) is 3.13. The molecule has 270 valence electrons. The summed E-state index contributed by atoms with van der Waals surface area (Å²) in [5.74, 6) is 0.657. The van der Waals surface area contributed by atoms with Crippen molar-refractivity contribution in [1.82, 2.24) is 14.5 Å². The first-order valence-corrected chi connectivity index (χ1v) is 19.1. The minimum atomic E-state index is -4.41. The number of thioether (sulfide) groups is 1. The molecule has 1 atom stereocenters. The number of hydrogen-bond donors (Lipinski definition) is 2. The van der Waals surface area contributed by atoms with Crippen molar-refractivity contribution >= 4 is 44.8 Å². The second-order valence-electron chi connectivity index (χ2n) is 12.6. The van der Waals surface area contributed by atoms with Crippen LogP contribution in [0.1, 0.15) is 22.3 Å². The molecule has 0 radical (unpaired) electrons. The van der Waals surface area contributed by atoms with E-state index >= 15 is 0 Å². The maximum Gasteiger partial charge on any atom is 0.293 e. The minimum Gasteiger partial charge on any atom is -0.497 e. The topological polar surface area (TPSA) is 137 Å². The van der Waals surface area contributed by atoms with Crippen molar-refractivity contribution < 1.29 is 22.9 Å². The van der Waals surface area contributed by atoms with Crippen molar-refractivity contribution in [2.24, 2.45) is 0 Å². The summed E-state index contributed by atoms with van der Waals surface area (Å²) in [4.78, 5) is 31.9. The number of nitrogens with one attached hydrogen (secondary N) is 2. The van der Waals surface area contributed by atoms with Crippen LogP contribution in [-0.2, 0) is 16.6 Å². The normalized spacial score (nSPS) is 14.2. The summed E-state index contributed by atoms with van der Waals surface area (Å²) < 4.78 is 33.9. The Balaban J connectivity index is 1.20. The number of rotatable bonds is 16. The van der Waals surface area contributed by atoms with E-state index in [9.17, 15) is 23.3 Å². The molecule has 0 unspecified atom stereocenters. The van der Waals surface area contributed by atoms with Gasteiger partial charge in [-0.05, 0) is 93.3 Å². The van der Waals surface area contributed by atoms with E-state index < -0.39 is 26.5 Å². The molecule has 5 rings (SSSR count). The number of benzene rings is 4. The maximum atomic E-state index is 13.3. The molecule has 0 spiro atoms. The summed E-state index contributed by atoms with van der Waals surface area (Å²) in [6.45, 7) is 4.91. The number of ether oxygens (including phenoxy) is 1. The number of methoxy groups -OCH3 is 1. The number of hydrogen-bond acceptors (Lipinski definition) is 11. The first-order chi connectivity index (χ1) is 24.5. The third-order valence-corrected chi connectivity index (χ3v) is 11.1. The summed E-state index contributed by atoms with van der Waals surface area (Å²) in [6.07, 6.45) is 0.708. The molecule has 14 heteroatoms. The second kappa shape index (κ2) is 17.5. The number of nitro groups is 1. The van der Waals surface area contributed by atoms with Gasteiger partial charge in [-0.2, -0.15) is 0 Å². The summed E-state index contributed by atoms with van der Waals surface area (Å²) in [6, 6.07) is 28.2. The lowest BCUT2D eigenvalue weighted by molar-refractivity contribution is -0.384. The molecule has 4 aromatic carbocycles. The Morgan fingerprint density at radius 1 is 0.961 bits per heavy atom. The molecule has 0 aromatic heterocycles. The van der Waals surface area contributed by atoms with Gasteiger partial charge in [-0.15, -0.1) is 11.8 Å². The molecule has 1 fully saturated rings. The van der Waals surface area contributed by atoms with Gasteiger partial charge in [0.05, 0.1) is 16.9 Å². The lowest BCUT2D eigenvalue weighted by Crippen LogP contribution is -2.46. The zero-order valence-corrected chi connectivity index (χ0v) is 30.7. The molecule has 0 saturated carbocycles. The Morgan fingerprint density at radius 3 is 2.35 bits per heavy atom. The number of amides is 1. The molecular formula is C37H44N6O6S2. The molecule has 1 aliphatic heterocycles. The molecule has 1 amide bonds. The maximum absolute atomic E-state index is 13.3. The Labute approximate surface area is 304 Å². The quantitative estimate of drug-likeness (QED) is 0.0850. The van der Waals surface area contributed by atoms with Gasteiger partial charge in [-0.25, -0.2) is 13.1 Å². The fourth-order valence-corrected chi connectivity index (χ4v) is 7.74. The number of carbonyl (C=O) groups excluding carboxylic acids is 1. The van der Waals surface area contributed by atoms with Crippen LogP contribution in [0, 0.1) is 10.1 Å². The molecule has 51 heavy (non-hydrogen) atoms. The van der Waals surface area contributed by atoms with Gasteiger partial charge in [0.15, 0.2) is 0 Å². The molecule has 2 N–H and O–H groups in total. The number of nitro benzene ring substituents is 1. The van der Waals surface area contributed by atoms with Gasteiger partial charge < -0.3 is 19.9 Å². The lowest BCUT2D eigenvalue weighted by Gasteiger charge is -2.36. The Kier molecular flexibility index (Phi) is 12.9. The predicted molar refractivity (Wildman–Crippen MR) is 202 cm³/mol. The van der Waals surface area contributed by atoms with Crippen LogP contribution < -0.4 is 19.7 Å². The molecule has 1 saturated heterocycles. The Bertz CT molecular complexity index is 1890. The van der Waals surface area contributed by atoms with Crippen LogP contribution in [0.3, 0.4) is 0 Å². The van der Waals surface area contributed by atoms with E-state index in [0.29, 0.717) is 12.2 Å². The fraction of sp³-hybridized carbons (Fsp3) is 0.324. The van der Waals surface area contributed by atoms with Crippen molar-refractivity contribution in [3.8, 4) is 5.75 Å². The highest BCUT2D eigenvalue weighted by Gasteiger charge is 2.25. The van der Waals surface area contributed by atoms with Gasteiger partial charge in [0.25, 0.3) is 21.6 Å². The average molecular weight is 733 g/mol. The van der Waals surface area contributed by atoms with Crippen LogP contribution in [0.15, 0.2) is 107 Å². The van der Waals surface area contributed by atoms with Crippen LogP contribution in [-0.4, -0.2) is 94.8 Å². The predicted octanol–water partition coefficient (Wildman–Crippen LogP) is 5.57. The number of nitrogens with zero attached hydrogens (tertiary/aromatic N) is 4. The number of carbonyl (C=O) groups is 1. The molecule has 0 bridgehead atoms. The van der Waals surface area contributed by atoms with Gasteiger partial charge in [-0.3, -0.25) is 19.8 Å². The van der Waals surface area contributed by atoms with E-state index in [-0.39, 0.29) is 22.2 Å². The third kappa shape index (κ3) is 10.7. The highest BCUT2D eigenvalue weighted by molar-refractivity contribution is 7.99. The van der Waals surface area contributed by atoms with E-state index in [1.807, 2.05) is 67.5 Å². The van der Waals surface area contributed by atoms with Crippen molar-refractivity contribution in [3.05, 3.63) is 118 Å². The molecule has 4 aromatic rings. The summed E-state index contributed by atoms with van der Waals surface area (Å²) in [5, 5.41) is 15.4. The molecule has 0 aliphatic carbocycles. The Morgan fingerprint density at radius 2 is 1.69 bits per heavy atom. The Hall–Kier alpha value is -4.63. The zero-order valence-electron chi connectivity index (χ0n) is 29.0. The number of piperazine rings is 1. The highest BCUT2D eigenvalue weighted by Crippen LogP contribution is 2.30. The van der Waals surface area contributed by atoms with Gasteiger partial charge in [0.1, 0.15) is 11.4 Å². The van der Waals surface area contributed by atoms with Crippen LogP contribution in [0.2, 0.25) is 0 Å². The molecule has 1 heterocycles. The lowest BCUT2D eigenvalue weighted by atomic mass is 10.1. The zero-order chi connectivity index (χ0) is 36.4. The molecular weight excluding hydrogens is 689 g/mol. The first kappa shape index (κ1) is 37.6. The van der Waals surface area contributed by atoms with Crippen molar-refractivity contribution in [1.29, 1.82) is 0 Å². The van der Waals surface area contributed by atoms with Gasteiger partial charge in [0.2, 0.25) is 0 Å². The monoisotopic (exact) mass is 732 g/mol. The van der Waals surface area contributed by atoms with E-state index in [2.05, 4.69) is 25.9 Å². The van der Waals surface area contributed by atoms with Gasteiger partial charge in [-0.1, -0.05) is 30.3 Å². The van der Waals surface area contributed by atoms with Crippen LogP contribution in [0.5, 0.6) is 5.75 Å². The summed E-state index contributed by atoms with van der Waals surface area (Å²) >= 11 is 1.63. The fourth-order valence-electron chi connectivity index (χ4n) is 5.75.